The number of guanidine groups is 1. The van der Waals surface area contributed by atoms with Crippen LogP contribution in [0.15, 0.2) is 69.4 Å². The molecule has 3 aliphatic rings. The first-order valence-electron chi connectivity index (χ1n) is 9.73. The van der Waals surface area contributed by atoms with Crippen molar-refractivity contribution in [3.63, 3.8) is 0 Å². The first-order valence-corrected chi connectivity index (χ1v) is 9.73. The van der Waals surface area contributed by atoms with Crippen LogP contribution in [0, 0.1) is 6.42 Å². The summed E-state index contributed by atoms with van der Waals surface area (Å²) in [6, 6.07) is 7.53. The fourth-order valence-electron chi connectivity index (χ4n) is 3.35. The second-order valence-electron chi connectivity index (χ2n) is 6.98. The molecule has 7 nitrogen and oxygen atoms in total. The molecule has 2 aliphatic heterocycles. The van der Waals surface area contributed by atoms with Gasteiger partial charge in [-0.2, -0.15) is 0 Å². The first-order chi connectivity index (χ1) is 14.2. The first kappa shape index (κ1) is 19.0. The normalized spacial score (nSPS) is 20.9. The van der Waals surface area contributed by atoms with Crippen LogP contribution in [0.3, 0.4) is 0 Å². The van der Waals surface area contributed by atoms with Gasteiger partial charge in [0.05, 0.1) is 13.7 Å². The Labute approximate surface area is 170 Å². The molecule has 0 unspecified atom stereocenters. The monoisotopic (exact) mass is 390 g/mol. The number of hydrogen-bond donors (Lipinski definition) is 2. The minimum Gasteiger partial charge on any atom is -0.497 e. The Hall–Kier alpha value is -3.35. The molecule has 0 aromatic heterocycles. The summed E-state index contributed by atoms with van der Waals surface area (Å²) in [4.78, 5) is 23.1. The van der Waals surface area contributed by atoms with E-state index in [0.717, 1.165) is 54.2 Å². The van der Waals surface area contributed by atoms with Crippen molar-refractivity contribution < 1.29 is 9.53 Å². The van der Waals surface area contributed by atoms with Gasteiger partial charge in [0, 0.05) is 37.1 Å². The number of amides is 2. The summed E-state index contributed by atoms with van der Waals surface area (Å²) in [5.41, 5.74) is 3.69. The molecule has 0 atom stereocenters. The molecule has 4 rings (SSSR count). The molecule has 2 N–H and O–H groups in total. The van der Waals surface area contributed by atoms with Crippen molar-refractivity contribution in [3.8, 4) is 0 Å². The van der Waals surface area contributed by atoms with E-state index in [2.05, 4.69) is 20.6 Å². The lowest BCUT2D eigenvalue weighted by molar-refractivity contribution is 0.222. The molecule has 0 saturated carbocycles. The number of nitrogens with zero attached hydrogens (tertiary/aromatic N) is 3. The zero-order valence-corrected chi connectivity index (χ0v) is 16.4. The predicted molar refractivity (Wildman–Crippen MR) is 116 cm³/mol. The molecule has 0 bridgehead atoms. The number of ether oxygens (including phenoxy) is 1. The van der Waals surface area contributed by atoms with Crippen molar-refractivity contribution in [2.45, 2.75) is 12.8 Å². The van der Waals surface area contributed by atoms with Crippen molar-refractivity contribution in [2.24, 2.45) is 9.98 Å². The highest BCUT2D eigenvalue weighted by atomic mass is 16.5. The Morgan fingerprint density at radius 2 is 2.00 bits per heavy atom. The van der Waals surface area contributed by atoms with E-state index in [-0.39, 0.29) is 6.03 Å². The third-order valence-corrected chi connectivity index (χ3v) is 4.97. The molecule has 29 heavy (non-hydrogen) atoms. The summed E-state index contributed by atoms with van der Waals surface area (Å²) in [5, 5.41) is 6.16. The van der Waals surface area contributed by atoms with Crippen LogP contribution >= 0.6 is 0 Å². The number of nitrogens with one attached hydrogen (secondary N) is 2. The van der Waals surface area contributed by atoms with E-state index in [1.54, 1.807) is 7.11 Å². The van der Waals surface area contributed by atoms with Gasteiger partial charge in [0.25, 0.3) is 0 Å². The van der Waals surface area contributed by atoms with Gasteiger partial charge < -0.3 is 20.3 Å². The van der Waals surface area contributed by atoms with Gasteiger partial charge in [-0.1, -0.05) is 12.1 Å². The summed E-state index contributed by atoms with van der Waals surface area (Å²) in [5.74, 6) is 1.37. The Morgan fingerprint density at radius 3 is 2.69 bits per heavy atom. The van der Waals surface area contributed by atoms with Crippen LogP contribution < -0.4 is 10.6 Å². The fraction of sp³-hybridized carbons (Fsp3) is 0.273. The molecular formula is C22H24N5O2. The number of rotatable bonds is 3. The van der Waals surface area contributed by atoms with Gasteiger partial charge in [0.1, 0.15) is 5.76 Å². The van der Waals surface area contributed by atoms with E-state index < -0.39 is 0 Å². The van der Waals surface area contributed by atoms with Gasteiger partial charge in [-0.25, -0.2) is 14.8 Å². The van der Waals surface area contributed by atoms with E-state index in [4.69, 9.17) is 4.74 Å². The SMILES string of the molecule is COC1=C[CH]/C(=C2/C=NC(Nc3cccc(NC(=O)N4CCCC4)c3)=NC2)C=C1. The zero-order chi connectivity index (χ0) is 20.1. The van der Waals surface area contributed by atoms with E-state index in [1.165, 1.54) is 0 Å². The third-order valence-electron chi connectivity index (χ3n) is 4.97. The molecule has 0 spiro atoms. The second-order valence-corrected chi connectivity index (χ2v) is 6.98. The summed E-state index contributed by atoms with van der Waals surface area (Å²) >= 11 is 0. The number of carbonyl (C=O) groups excluding carboxylic acids is 1. The maximum atomic E-state index is 12.3. The molecule has 7 heteroatoms. The van der Waals surface area contributed by atoms with Crippen LogP contribution in [0.2, 0.25) is 0 Å². The van der Waals surface area contributed by atoms with Gasteiger partial charge in [0.2, 0.25) is 5.96 Å². The lowest BCUT2D eigenvalue weighted by atomic mass is 10.0. The van der Waals surface area contributed by atoms with Crippen molar-refractivity contribution in [1.29, 1.82) is 0 Å². The van der Waals surface area contributed by atoms with Gasteiger partial charge >= 0.3 is 6.03 Å². The van der Waals surface area contributed by atoms with Gasteiger partial charge in [-0.05, 0) is 54.3 Å². The Bertz CT molecular complexity index is 936. The largest absolute Gasteiger partial charge is 0.497 e. The van der Waals surface area contributed by atoms with E-state index in [1.807, 2.05) is 60.0 Å². The number of methoxy groups -OCH3 is 1. The highest BCUT2D eigenvalue weighted by Gasteiger charge is 2.18. The molecule has 149 valence electrons. The molecule has 1 aromatic rings. The maximum Gasteiger partial charge on any atom is 0.321 e. The standard InChI is InChI=1S/C22H24N5O2/c1-29-20-9-7-16(8-10-20)17-14-23-21(24-15-17)25-18-5-4-6-19(13-18)26-22(28)27-11-2-3-12-27/h4-10,13-14H,2-3,11-12,15H2,1H3,(H,24,25)(H,26,28). The molecule has 1 fully saturated rings. The zero-order valence-electron chi connectivity index (χ0n) is 16.4. The van der Waals surface area contributed by atoms with E-state index >= 15 is 0 Å². The van der Waals surface area contributed by atoms with E-state index in [9.17, 15) is 4.79 Å². The molecule has 2 amide bonds. The van der Waals surface area contributed by atoms with Crippen LogP contribution in [0.1, 0.15) is 12.8 Å². The molecule has 1 radical (unpaired) electrons. The number of hydrogen-bond acceptors (Lipinski definition) is 5. The average Bonchev–Trinajstić information content (AvgIpc) is 3.30. The number of allylic oxidation sites excluding steroid dienone is 4. The lowest BCUT2D eigenvalue weighted by Crippen LogP contribution is -2.32. The summed E-state index contributed by atoms with van der Waals surface area (Å²) in [7, 11) is 1.65. The van der Waals surface area contributed by atoms with Crippen molar-refractivity contribution in [2.75, 3.05) is 37.4 Å². The number of likely N-dealkylation sites (tertiary alicyclic amines) is 1. The van der Waals surface area contributed by atoms with Crippen LogP contribution in [0.25, 0.3) is 0 Å². The fourth-order valence-corrected chi connectivity index (χ4v) is 3.35. The van der Waals surface area contributed by atoms with Crippen LogP contribution in [0.5, 0.6) is 0 Å². The minimum atomic E-state index is -0.0496. The third kappa shape index (κ3) is 4.74. The summed E-state index contributed by atoms with van der Waals surface area (Å²) in [6.45, 7) is 2.19. The molecule has 2 heterocycles. The Kier molecular flexibility index (Phi) is 5.74. The van der Waals surface area contributed by atoms with Crippen molar-refractivity contribution >= 4 is 29.6 Å². The van der Waals surface area contributed by atoms with E-state index in [0.29, 0.717) is 12.5 Å². The molecule has 1 aromatic carbocycles. The second kappa shape index (κ2) is 8.77. The topological polar surface area (TPSA) is 78.3 Å². The smallest absolute Gasteiger partial charge is 0.321 e. The number of carbonyl (C=O) groups is 1. The molecule has 1 saturated heterocycles. The lowest BCUT2D eigenvalue weighted by Gasteiger charge is -2.17. The highest BCUT2D eigenvalue weighted by Crippen LogP contribution is 2.21. The van der Waals surface area contributed by atoms with Crippen LogP contribution in [-0.4, -0.2) is 49.8 Å². The van der Waals surface area contributed by atoms with Crippen molar-refractivity contribution in [1.82, 2.24) is 4.90 Å². The van der Waals surface area contributed by atoms with Crippen LogP contribution in [-0.2, 0) is 4.74 Å². The summed E-state index contributed by atoms with van der Waals surface area (Å²) in [6.07, 6.45) is 11.8. The Morgan fingerprint density at radius 1 is 1.17 bits per heavy atom. The number of aliphatic imine (C=N–C) groups is 2. The highest BCUT2D eigenvalue weighted by molar-refractivity contribution is 6.04. The van der Waals surface area contributed by atoms with Crippen LogP contribution in [0.4, 0.5) is 16.2 Å². The quantitative estimate of drug-likeness (QED) is 0.825. The van der Waals surface area contributed by atoms with Gasteiger partial charge in [-0.15, -0.1) is 0 Å². The molecule has 1 aliphatic carbocycles. The number of anilines is 2. The maximum absolute atomic E-state index is 12.3. The van der Waals surface area contributed by atoms with Gasteiger partial charge in [0.15, 0.2) is 0 Å². The number of urea groups is 1. The average molecular weight is 390 g/mol. The summed E-state index contributed by atoms with van der Waals surface area (Å²) < 4.78 is 5.19. The minimum absolute atomic E-state index is 0.0496. The van der Waals surface area contributed by atoms with Gasteiger partial charge in [-0.3, -0.25) is 0 Å². The Balaban J connectivity index is 1.36. The number of benzene rings is 1. The predicted octanol–water partition coefficient (Wildman–Crippen LogP) is 3.77. The molecular weight excluding hydrogens is 366 g/mol. The van der Waals surface area contributed by atoms with Crippen molar-refractivity contribution in [3.05, 3.63) is 65.8 Å².